The monoisotopic (exact) mass is 577 g/mol. The molecule has 0 spiro atoms. The molecule has 0 saturated carbocycles. The van der Waals surface area contributed by atoms with Crippen LogP contribution >= 0.6 is 0 Å². The summed E-state index contributed by atoms with van der Waals surface area (Å²) in [5.41, 5.74) is 10.7. The molecule has 0 amide bonds. The molecule has 0 bridgehead atoms. The van der Waals surface area contributed by atoms with Crippen LogP contribution in [0, 0.1) is 0 Å². The maximum Gasteiger partial charge on any atom is 0.0542 e. The second kappa shape index (κ2) is 10.4. The van der Waals surface area contributed by atoms with Crippen LogP contribution in [0.5, 0.6) is 0 Å². The third-order valence-electron chi connectivity index (χ3n) is 9.09. The Bertz CT molecular complexity index is 2420. The van der Waals surface area contributed by atoms with Crippen molar-refractivity contribution in [3.05, 3.63) is 164 Å². The summed E-state index contributed by atoms with van der Waals surface area (Å²) in [5, 5.41) is 5.01. The molecular formula is C42H31N3. The lowest BCUT2D eigenvalue weighted by Crippen LogP contribution is -2.09. The summed E-state index contributed by atoms with van der Waals surface area (Å²) in [7, 11) is 0. The summed E-state index contributed by atoms with van der Waals surface area (Å²) in [6.45, 7) is 0. The standard InChI is InChI=1S/C42H31N3/c1-4-14-30(15-5-1)43(33-24-26-41-37(28-33)35-20-10-12-22-39(35)44(41)31-16-6-2-7-17-31)34-25-27-42-38(29-34)36-21-11-13-23-40(36)45(42)32-18-8-3-9-19-32/h1-2,4-8,10-29H,3,9H2. The van der Waals surface area contributed by atoms with Gasteiger partial charge in [0.25, 0.3) is 0 Å². The molecule has 3 heteroatoms. The average molecular weight is 578 g/mol. The Morgan fingerprint density at radius 3 is 1.58 bits per heavy atom. The van der Waals surface area contributed by atoms with E-state index in [2.05, 4.69) is 178 Å². The van der Waals surface area contributed by atoms with E-state index in [1.807, 2.05) is 0 Å². The first kappa shape index (κ1) is 25.7. The maximum absolute atomic E-state index is 2.42. The van der Waals surface area contributed by atoms with E-state index < -0.39 is 0 Å². The fourth-order valence-electron chi connectivity index (χ4n) is 7.12. The summed E-state index contributed by atoms with van der Waals surface area (Å²) in [6, 6.07) is 52.7. The lowest BCUT2D eigenvalue weighted by Gasteiger charge is -2.26. The summed E-state index contributed by atoms with van der Waals surface area (Å²) < 4.78 is 4.79. The van der Waals surface area contributed by atoms with E-state index in [1.165, 1.54) is 55.0 Å². The summed E-state index contributed by atoms with van der Waals surface area (Å²) in [6.07, 6.45) is 9.08. The molecule has 0 atom stereocenters. The first-order valence-electron chi connectivity index (χ1n) is 15.7. The van der Waals surface area contributed by atoms with Gasteiger partial charge in [0.15, 0.2) is 0 Å². The van der Waals surface area contributed by atoms with Crippen molar-refractivity contribution in [2.75, 3.05) is 4.90 Å². The Kier molecular flexibility index (Phi) is 5.95. The number of anilines is 3. The minimum absolute atomic E-state index is 1.07. The van der Waals surface area contributed by atoms with Crippen molar-refractivity contribution in [3.8, 4) is 5.69 Å². The zero-order valence-electron chi connectivity index (χ0n) is 24.8. The largest absolute Gasteiger partial charge is 0.310 e. The van der Waals surface area contributed by atoms with Crippen LogP contribution in [0.2, 0.25) is 0 Å². The molecule has 2 aromatic heterocycles. The van der Waals surface area contributed by atoms with E-state index in [9.17, 15) is 0 Å². The van der Waals surface area contributed by atoms with Gasteiger partial charge in [0.2, 0.25) is 0 Å². The Labute approximate surface area is 262 Å². The van der Waals surface area contributed by atoms with Crippen LogP contribution in [-0.2, 0) is 0 Å². The first-order valence-corrected chi connectivity index (χ1v) is 15.7. The Morgan fingerprint density at radius 1 is 0.422 bits per heavy atom. The van der Waals surface area contributed by atoms with Crippen molar-refractivity contribution < 1.29 is 0 Å². The topological polar surface area (TPSA) is 13.1 Å². The van der Waals surface area contributed by atoms with Crippen molar-refractivity contribution >= 4 is 66.4 Å². The highest BCUT2D eigenvalue weighted by Crippen LogP contribution is 2.42. The van der Waals surface area contributed by atoms with Gasteiger partial charge in [0.1, 0.15) is 0 Å². The van der Waals surface area contributed by atoms with Crippen molar-refractivity contribution in [2.24, 2.45) is 0 Å². The zero-order valence-corrected chi connectivity index (χ0v) is 24.8. The second-order valence-corrected chi connectivity index (χ2v) is 11.7. The molecule has 45 heavy (non-hydrogen) atoms. The van der Waals surface area contributed by atoms with Crippen LogP contribution in [0.15, 0.2) is 164 Å². The van der Waals surface area contributed by atoms with Gasteiger partial charge in [-0.1, -0.05) is 84.9 Å². The molecule has 8 aromatic rings. The third-order valence-corrected chi connectivity index (χ3v) is 9.09. The molecule has 214 valence electrons. The summed E-state index contributed by atoms with van der Waals surface area (Å²) in [4.78, 5) is 2.39. The fourth-order valence-corrected chi connectivity index (χ4v) is 7.12. The molecule has 6 aromatic carbocycles. The van der Waals surface area contributed by atoms with Crippen molar-refractivity contribution in [1.29, 1.82) is 0 Å². The number of para-hydroxylation sites is 4. The van der Waals surface area contributed by atoms with Gasteiger partial charge in [0, 0.05) is 50.0 Å². The highest BCUT2D eigenvalue weighted by Gasteiger charge is 2.19. The minimum Gasteiger partial charge on any atom is -0.310 e. The predicted molar refractivity (Wildman–Crippen MR) is 191 cm³/mol. The zero-order chi connectivity index (χ0) is 29.7. The summed E-state index contributed by atoms with van der Waals surface area (Å²) in [5.74, 6) is 0. The number of nitrogens with zero attached hydrogens (tertiary/aromatic N) is 3. The van der Waals surface area contributed by atoms with E-state index in [0.29, 0.717) is 0 Å². The Hall–Kier alpha value is -5.80. The van der Waals surface area contributed by atoms with Gasteiger partial charge in [-0.2, -0.15) is 0 Å². The molecule has 0 N–H and O–H groups in total. The van der Waals surface area contributed by atoms with Crippen molar-refractivity contribution in [3.63, 3.8) is 0 Å². The second-order valence-electron chi connectivity index (χ2n) is 11.7. The molecule has 1 aliphatic carbocycles. The molecule has 0 aliphatic heterocycles. The van der Waals surface area contributed by atoms with Gasteiger partial charge in [-0.25, -0.2) is 0 Å². The SMILES string of the molecule is C1=CC(n2c3ccccc3c3cc(N(c4ccccc4)c4ccc5c(c4)c4ccccc4n5-c4ccccc4)ccc32)=CCC1. The molecule has 9 rings (SSSR count). The van der Waals surface area contributed by atoms with Crippen LogP contribution in [0.25, 0.3) is 55.0 Å². The van der Waals surface area contributed by atoms with Crippen LogP contribution < -0.4 is 4.90 Å². The van der Waals surface area contributed by atoms with Crippen molar-refractivity contribution in [1.82, 2.24) is 9.13 Å². The Morgan fingerprint density at radius 2 is 0.956 bits per heavy atom. The molecule has 1 aliphatic rings. The van der Waals surface area contributed by atoms with Crippen LogP contribution in [0.4, 0.5) is 17.1 Å². The van der Waals surface area contributed by atoms with Gasteiger partial charge >= 0.3 is 0 Å². The van der Waals surface area contributed by atoms with Gasteiger partial charge in [-0.05, 0) is 91.7 Å². The van der Waals surface area contributed by atoms with Gasteiger partial charge in [-0.3, -0.25) is 0 Å². The molecule has 0 radical (unpaired) electrons. The number of fused-ring (bicyclic) bond motifs is 6. The molecule has 0 fully saturated rings. The number of hydrogen-bond donors (Lipinski definition) is 0. The van der Waals surface area contributed by atoms with Gasteiger partial charge in [-0.15, -0.1) is 0 Å². The molecular weight excluding hydrogens is 546 g/mol. The highest BCUT2D eigenvalue weighted by atomic mass is 15.1. The van der Waals surface area contributed by atoms with Crippen LogP contribution in [0.1, 0.15) is 12.8 Å². The summed E-state index contributed by atoms with van der Waals surface area (Å²) >= 11 is 0. The molecule has 0 unspecified atom stereocenters. The van der Waals surface area contributed by atoms with E-state index in [0.717, 1.165) is 29.9 Å². The number of hydrogen-bond acceptors (Lipinski definition) is 1. The smallest absolute Gasteiger partial charge is 0.0542 e. The van der Waals surface area contributed by atoms with Crippen LogP contribution in [-0.4, -0.2) is 9.13 Å². The fraction of sp³-hybridized carbons (Fsp3) is 0.0476. The normalized spacial score (nSPS) is 13.2. The molecule has 2 heterocycles. The quantitative estimate of drug-likeness (QED) is 0.198. The van der Waals surface area contributed by atoms with Crippen molar-refractivity contribution in [2.45, 2.75) is 12.8 Å². The van der Waals surface area contributed by atoms with E-state index in [1.54, 1.807) is 0 Å². The Balaban J connectivity index is 1.28. The predicted octanol–water partition coefficient (Wildman–Crippen LogP) is 11.6. The number of rotatable bonds is 5. The molecule has 3 nitrogen and oxygen atoms in total. The lowest BCUT2D eigenvalue weighted by atomic mass is 10.1. The van der Waals surface area contributed by atoms with Crippen LogP contribution in [0.3, 0.4) is 0 Å². The first-order chi connectivity index (χ1) is 22.3. The lowest BCUT2D eigenvalue weighted by molar-refractivity contribution is 1.02. The van der Waals surface area contributed by atoms with Gasteiger partial charge in [0.05, 0.1) is 22.1 Å². The third kappa shape index (κ3) is 4.12. The minimum atomic E-state index is 1.07. The average Bonchev–Trinajstić information content (AvgIpc) is 3.62. The van der Waals surface area contributed by atoms with E-state index in [4.69, 9.17) is 0 Å². The highest BCUT2D eigenvalue weighted by molar-refractivity contribution is 6.13. The maximum atomic E-state index is 2.42. The number of benzene rings is 6. The van der Waals surface area contributed by atoms with E-state index >= 15 is 0 Å². The molecule has 0 saturated heterocycles. The number of aromatic nitrogens is 2. The van der Waals surface area contributed by atoms with E-state index in [-0.39, 0.29) is 0 Å². The van der Waals surface area contributed by atoms with Gasteiger partial charge < -0.3 is 14.0 Å². The number of allylic oxidation sites excluding steroid dienone is 4.